The standard InChI is InChI=1S/C12H18N2O4/c1-3-9(12(16)17)13-11(15)10-5-4-6-14(10)7-8-18-2/h4-6,9H,3,7-8H2,1-2H3,(H,13,15)(H,16,17)/t9-/m1/s1. The van der Waals surface area contributed by atoms with Gasteiger partial charge in [-0.15, -0.1) is 0 Å². The van der Waals surface area contributed by atoms with Crippen LogP contribution in [0.1, 0.15) is 23.8 Å². The Kier molecular flexibility index (Phi) is 5.38. The number of amides is 1. The third-order valence-corrected chi connectivity index (χ3v) is 2.61. The van der Waals surface area contributed by atoms with Gasteiger partial charge in [-0.2, -0.15) is 0 Å². The van der Waals surface area contributed by atoms with E-state index in [0.717, 1.165) is 0 Å². The van der Waals surface area contributed by atoms with Crippen molar-refractivity contribution in [2.75, 3.05) is 13.7 Å². The van der Waals surface area contributed by atoms with Crippen LogP contribution in [0.15, 0.2) is 18.3 Å². The summed E-state index contributed by atoms with van der Waals surface area (Å²) in [5, 5.41) is 11.4. The summed E-state index contributed by atoms with van der Waals surface area (Å²) in [5.74, 6) is -1.41. The Morgan fingerprint density at radius 2 is 2.28 bits per heavy atom. The van der Waals surface area contributed by atoms with Gasteiger partial charge < -0.3 is 19.7 Å². The van der Waals surface area contributed by atoms with Gasteiger partial charge in [0, 0.05) is 19.9 Å². The predicted octanol–water partition coefficient (Wildman–Crippen LogP) is 0.728. The van der Waals surface area contributed by atoms with Crippen LogP contribution in [0.4, 0.5) is 0 Å². The molecule has 2 N–H and O–H groups in total. The maximum absolute atomic E-state index is 11.9. The fraction of sp³-hybridized carbons (Fsp3) is 0.500. The molecule has 0 aliphatic heterocycles. The molecule has 0 saturated heterocycles. The Morgan fingerprint density at radius 3 is 2.83 bits per heavy atom. The van der Waals surface area contributed by atoms with Crippen LogP contribution in [-0.4, -0.2) is 41.3 Å². The molecule has 0 saturated carbocycles. The topological polar surface area (TPSA) is 80.6 Å². The molecule has 0 aromatic carbocycles. The van der Waals surface area contributed by atoms with E-state index in [1.165, 1.54) is 0 Å². The molecule has 1 aromatic rings. The molecule has 1 atom stereocenters. The highest BCUT2D eigenvalue weighted by Gasteiger charge is 2.20. The number of hydrogen-bond acceptors (Lipinski definition) is 3. The third kappa shape index (κ3) is 3.59. The van der Waals surface area contributed by atoms with Crippen molar-refractivity contribution in [3.05, 3.63) is 24.0 Å². The molecule has 18 heavy (non-hydrogen) atoms. The molecule has 6 heteroatoms. The Labute approximate surface area is 106 Å². The predicted molar refractivity (Wildman–Crippen MR) is 65.5 cm³/mol. The minimum absolute atomic E-state index is 0.347. The van der Waals surface area contributed by atoms with E-state index in [-0.39, 0.29) is 5.91 Å². The van der Waals surface area contributed by atoms with Crippen LogP contribution < -0.4 is 5.32 Å². The van der Waals surface area contributed by atoms with E-state index in [1.54, 1.807) is 36.9 Å². The highest BCUT2D eigenvalue weighted by Crippen LogP contribution is 2.04. The normalized spacial score (nSPS) is 12.1. The highest BCUT2D eigenvalue weighted by atomic mass is 16.5. The lowest BCUT2D eigenvalue weighted by atomic mass is 10.2. The van der Waals surface area contributed by atoms with Gasteiger partial charge in [0.05, 0.1) is 6.61 Å². The van der Waals surface area contributed by atoms with Gasteiger partial charge in [0.25, 0.3) is 5.91 Å². The molecule has 1 rings (SSSR count). The van der Waals surface area contributed by atoms with Crippen molar-refractivity contribution in [3.63, 3.8) is 0 Å². The first-order valence-corrected chi connectivity index (χ1v) is 5.77. The molecule has 1 heterocycles. The quantitative estimate of drug-likeness (QED) is 0.751. The number of aliphatic carboxylic acids is 1. The minimum atomic E-state index is -1.03. The van der Waals surface area contributed by atoms with E-state index >= 15 is 0 Å². The largest absolute Gasteiger partial charge is 0.480 e. The van der Waals surface area contributed by atoms with E-state index in [4.69, 9.17) is 9.84 Å². The zero-order chi connectivity index (χ0) is 13.5. The first kappa shape index (κ1) is 14.2. The summed E-state index contributed by atoms with van der Waals surface area (Å²) in [6.45, 7) is 2.75. The molecule has 1 aromatic heterocycles. The Morgan fingerprint density at radius 1 is 1.56 bits per heavy atom. The van der Waals surface area contributed by atoms with Crippen molar-refractivity contribution in [1.29, 1.82) is 0 Å². The number of carbonyl (C=O) groups is 2. The monoisotopic (exact) mass is 254 g/mol. The number of nitrogens with one attached hydrogen (secondary N) is 1. The maximum Gasteiger partial charge on any atom is 0.326 e. The number of ether oxygens (including phenoxy) is 1. The van der Waals surface area contributed by atoms with Crippen LogP contribution in [0.3, 0.4) is 0 Å². The van der Waals surface area contributed by atoms with Crippen LogP contribution >= 0.6 is 0 Å². The maximum atomic E-state index is 11.9. The average molecular weight is 254 g/mol. The summed E-state index contributed by atoms with van der Waals surface area (Å²) in [6.07, 6.45) is 2.11. The van der Waals surface area contributed by atoms with Crippen LogP contribution in [-0.2, 0) is 16.1 Å². The summed E-state index contributed by atoms with van der Waals surface area (Å²) in [5.41, 5.74) is 0.437. The summed E-state index contributed by atoms with van der Waals surface area (Å²) in [7, 11) is 1.58. The zero-order valence-corrected chi connectivity index (χ0v) is 10.5. The van der Waals surface area contributed by atoms with Gasteiger partial charge >= 0.3 is 5.97 Å². The van der Waals surface area contributed by atoms with Crippen LogP contribution in [0.5, 0.6) is 0 Å². The molecule has 6 nitrogen and oxygen atoms in total. The summed E-state index contributed by atoms with van der Waals surface area (Å²) in [4.78, 5) is 22.8. The fourth-order valence-electron chi connectivity index (χ4n) is 1.58. The molecule has 0 spiro atoms. The van der Waals surface area contributed by atoms with Gasteiger partial charge in [-0.25, -0.2) is 4.79 Å². The third-order valence-electron chi connectivity index (χ3n) is 2.61. The highest BCUT2D eigenvalue weighted by molar-refractivity contribution is 5.95. The van der Waals surface area contributed by atoms with Gasteiger partial charge in [0.15, 0.2) is 0 Å². The molecule has 0 aliphatic rings. The second-order valence-corrected chi connectivity index (χ2v) is 3.85. The second kappa shape index (κ2) is 6.80. The number of carbonyl (C=O) groups excluding carboxylic acids is 1. The van der Waals surface area contributed by atoms with Gasteiger partial charge in [-0.05, 0) is 18.6 Å². The first-order chi connectivity index (χ1) is 8.60. The van der Waals surface area contributed by atoms with Crippen molar-refractivity contribution in [2.45, 2.75) is 25.9 Å². The summed E-state index contributed by atoms with van der Waals surface area (Å²) in [6, 6.07) is 2.54. The Hall–Kier alpha value is -1.82. The molecule has 100 valence electrons. The second-order valence-electron chi connectivity index (χ2n) is 3.85. The van der Waals surface area contributed by atoms with E-state index in [9.17, 15) is 9.59 Å². The molecule has 0 aliphatic carbocycles. The van der Waals surface area contributed by atoms with E-state index in [0.29, 0.717) is 25.3 Å². The Bertz CT molecular complexity index is 414. The van der Waals surface area contributed by atoms with Crippen molar-refractivity contribution in [1.82, 2.24) is 9.88 Å². The SMILES string of the molecule is CC[C@@H](NC(=O)c1cccn1CCOC)C(=O)O. The number of nitrogens with zero attached hydrogens (tertiary/aromatic N) is 1. The van der Waals surface area contributed by atoms with E-state index < -0.39 is 12.0 Å². The lowest BCUT2D eigenvalue weighted by Gasteiger charge is -2.13. The van der Waals surface area contributed by atoms with Crippen LogP contribution in [0.2, 0.25) is 0 Å². The van der Waals surface area contributed by atoms with Crippen molar-refractivity contribution < 1.29 is 19.4 Å². The van der Waals surface area contributed by atoms with Crippen molar-refractivity contribution in [2.24, 2.45) is 0 Å². The number of methoxy groups -OCH3 is 1. The molecular formula is C12H18N2O4. The summed E-state index contributed by atoms with van der Waals surface area (Å²) >= 11 is 0. The number of carboxylic acids is 1. The molecule has 1 amide bonds. The van der Waals surface area contributed by atoms with Gasteiger partial charge in [0.2, 0.25) is 0 Å². The molecule has 0 fully saturated rings. The minimum Gasteiger partial charge on any atom is -0.480 e. The van der Waals surface area contributed by atoms with Crippen LogP contribution in [0, 0.1) is 0 Å². The molecular weight excluding hydrogens is 236 g/mol. The molecule has 0 bridgehead atoms. The Balaban J connectivity index is 2.71. The zero-order valence-electron chi connectivity index (χ0n) is 10.5. The van der Waals surface area contributed by atoms with Crippen LogP contribution in [0.25, 0.3) is 0 Å². The first-order valence-electron chi connectivity index (χ1n) is 5.77. The molecule has 0 radical (unpaired) electrons. The van der Waals surface area contributed by atoms with E-state index in [2.05, 4.69) is 5.32 Å². The lowest BCUT2D eigenvalue weighted by Crippen LogP contribution is -2.41. The van der Waals surface area contributed by atoms with Crippen molar-refractivity contribution >= 4 is 11.9 Å². The number of hydrogen-bond donors (Lipinski definition) is 2. The summed E-state index contributed by atoms with van der Waals surface area (Å²) < 4.78 is 6.67. The number of aromatic nitrogens is 1. The number of rotatable bonds is 7. The smallest absolute Gasteiger partial charge is 0.326 e. The van der Waals surface area contributed by atoms with Gasteiger partial charge in [-0.3, -0.25) is 4.79 Å². The average Bonchev–Trinajstić information content (AvgIpc) is 2.80. The fourth-order valence-corrected chi connectivity index (χ4v) is 1.58. The number of carboxylic acid groups (broad SMARTS) is 1. The van der Waals surface area contributed by atoms with Crippen molar-refractivity contribution in [3.8, 4) is 0 Å². The van der Waals surface area contributed by atoms with E-state index in [1.807, 2.05) is 0 Å². The molecule has 0 unspecified atom stereocenters. The lowest BCUT2D eigenvalue weighted by molar-refractivity contribution is -0.139. The van der Waals surface area contributed by atoms with Gasteiger partial charge in [-0.1, -0.05) is 6.92 Å². The van der Waals surface area contributed by atoms with Gasteiger partial charge in [0.1, 0.15) is 11.7 Å².